The van der Waals surface area contributed by atoms with E-state index in [2.05, 4.69) is 17.3 Å². The molecular weight excluding hydrogens is 260 g/mol. The Morgan fingerprint density at radius 2 is 1.81 bits per heavy atom. The quantitative estimate of drug-likeness (QED) is 0.840. The van der Waals surface area contributed by atoms with Crippen LogP contribution in [0.25, 0.3) is 0 Å². The van der Waals surface area contributed by atoms with E-state index in [1.165, 1.54) is 25.7 Å². The maximum atomic E-state index is 11.6. The minimum Gasteiger partial charge on any atom is -0.385 e. The summed E-state index contributed by atoms with van der Waals surface area (Å²) in [5.41, 5.74) is 1.95. The fraction of sp³-hybridized carbons (Fsp3) is 0.611. The highest BCUT2D eigenvalue weighted by molar-refractivity contribution is 5.96. The molecule has 2 atom stereocenters. The normalized spacial score (nSPS) is 28.6. The Morgan fingerprint density at radius 1 is 1.19 bits per heavy atom. The van der Waals surface area contributed by atoms with Crippen molar-refractivity contribution in [2.24, 2.45) is 5.92 Å². The first-order chi connectivity index (χ1) is 10.2. The zero-order valence-corrected chi connectivity index (χ0v) is 13.1. The van der Waals surface area contributed by atoms with E-state index < -0.39 is 0 Å². The lowest BCUT2D eigenvalue weighted by molar-refractivity contribution is 0.0988. The number of Topliss-reactive ketones (excluding diaryl/α,β-unsaturated/α-hetero) is 1. The maximum absolute atomic E-state index is 11.6. The molecule has 21 heavy (non-hydrogen) atoms. The van der Waals surface area contributed by atoms with Gasteiger partial charge >= 0.3 is 0 Å². The van der Waals surface area contributed by atoms with Crippen LogP contribution in [0.3, 0.4) is 0 Å². The molecule has 0 radical (unpaired) electrons. The Balaban J connectivity index is 1.53. The van der Waals surface area contributed by atoms with Crippen molar-refractivity contribution in [1.82, 2.24) is 4.90 Å². The highest BCUT2D eigenvalue weighted by Gasteiger charge is 2.37. The third-order valence-electron chi connectivity index (χ3n) is 5.32. The number of benzene rings is 1. The molecular formula is C18H26N2O. The minimum atomic E-state index is 0.216. The lowest BCUT2D eigenvalue weighted by Crippen LogP contribution is -2.41. The maximum Gasteiger partial charge on any atom is 0.162 e. The summed E-state index contributed by atoms with van der Waals surface area (Å²) < 4.78 is 0. The van der Waals surface area contributed by atoms with Gasteiger partial charge in [-0.15, -0.1) is 0 Å². The van der Waals surface area contributed by atoms with Crippen molar-refractivity contribution in [3.63, 3.8) is 0 Å². The monoisotopic (exact) mass is 286 g/mol. The van der Waals surface area contributed by atoms with Crippen LogP contribution in [0.15, 0.2) is 24.3 Å². The first-order valence-corrected chi connectivity index (χ1v) is 8.26. The first-order valence-electron chi connectivity index (χ1n) is 8.26. The Labute approximate surface area is 127 Å². The van der Waals surface area contributed by atoms with Gasteiger partial charge in [0, 0.05) is 36.3 Å². The van der Waals surface area contributed by atoms with E-state index in [9.17, 15) is 4.79 Å². The predicted molar refractivity (Wildman–Crippen MR) is 86.9 cm³/mol. The van der Waals surface area contributed by atoms with Crippen LogP contribution in [0.2, 0.25) is 0 Å². The van der Waals surface area contributed by atoms with E-state index >= 15 is 0 Å². The SMILES string of the molecule is CCC(=O)c1ccc(NCC2CC3CCC(C2)N3C)cc1. The summed E-state index contributed by atoms with van der Waals surface area (Å²) in [4.78, 5) is 14.2. The lowest BCUT2D eigenvalue weighted by atomic mass is 9.91. The summed E-state index contributed by atoms with van der Waals surface area (Å²) in [5, 5.41) is 3.55. The van der Waals surface area contributed by atoms with Gasteiger partial charge in [-0.1, -0.05) is 6.92 Å². The van der Waals surface area contributed by atoms with Crippen LogP contribution in [0.1, 0.15) is 49.4 Å². The van der Waals surface area contributed by atoms with Crippen molar-refractivity contribution in [2.45, 2.75) is 51.1 Å². The van der Waals surface area contributed by atoms with E-state index in [4.69, 9.17) is 0 Å². The molecule has 114 valence electrons. The number of piperidine rings is 1. The zero-order chi connectivity index (χ0) is 14.8. The van der Waals surface area contributed by atoms with Crippen molar-refractivity contribution in [3.05, 3.63) is 29.8 Å². The molecule has 2 fully saturated rings. The van der Waals surface area contributed by atoms with Crippen molar-refractivity contribution in [1.29, 1.82) is 0 Å². The third-order valence-corrected chi connectivity index (χ3v) is 5.32. The van der Waals surface area contributed by atoms with E-state index in [1.807, 2.05) is 31.2 Å². The fourth-order valence-corrected chi connectivity index (χ4v) is 3.93. The standard InChI is InChI=1S/C18H26N2O/c1-3-18(21)14-4-6-15(7-5-14)19-12-13-10-16-8-9-17(11-13)20(16)2/h4-7,13,16-17,19H,3,8-12H2,1-2H3. The van der Waals surface area contributed by atoms with Gasteiger partial charge in [-0.2, -0.15) is 0 Å². The van der Waals surface area contributed by atoms with Crippen LogP contribution in [0, 0.1) is 5.92 Å². The number of carbonyl (C=O) groups excluding carboxylic acids is 1. The Kier molecular flexibility index (Phi) is 4.29. The second-order valence-corrected chi connectivity index (χ2v) is 6.62. The number of anilines is 1. The fourth-order valence-electron chi connectivity index (χ4n) is 3.93. The number of nitrogens with zero attached hydrogens (tertiary/aromatic N) is 1. The van der Waals surface area contributed by atoms with Gasteiger partial charge < -0.3 is 10.2 Å². The second-order valence-electron chi connectivity index (χ2n) is 6.62. The number of ketones is 1. The second kappa shape index (κ2) is 6.18. The molecule has 1 aromatic carbocycles. The number of carbonyl (C=O) groups is 1. The summed E-state index contributed by atoms with van der Waals surface area (Å²) in [6.07, 6.45) is 5.99. The molecule has 3 nitrogen and oxygen atoms in total. The van der Waals surface area contributed by atoms with Crippen molar-refractivity contribution in [3.8, 4) is 0 Å². The van der Waals surface area contributed by atoms with Gasteiger partial charge in [0.1, 0.15) is 0 Å². The molecule has 2 aliphatic heterocycles. The van der Waals surface area contributed by atoms with Crippen LogP contribution in [0.5, 0.6) is 0 Å². The van der Waals surface area contributed by atoms with Gasteiger partial charge in [0.05, 0.1) is 0 Å². The Bertz CT molecular complexity index is 482. The molecule has 1 aromatic rings. The van der Waals surface area contributed by atoms with Crippen LogP contribution < -0.4 is 5.32 Å². The summed E-state index contributed by atoms with van der Waals surface area (Å²) >= 11 is 0. The van der Waals surface area contributed by atoms with E-state index in [0.717, 1.165) is 35.8 Å². The van der Waals surface area contributed by atoms with Crippen LogP contribution in [-0.4, -0.2) is 36.4 Å². The Morgan fingerprint density at radius 3 is 2.38 bits per heavy atom. The van der Waals surface area contributed by atoms with Gasteiger partial charge in [-0.05, 0) is 62.9 Å². The molecule has 0 saturated carbocycles. The van der Waals surface area contributed by atoms with Crippen molar-refractivity contribution in [2.75, 3.05) is 18.9 Å². The Hall–Kier alpha value is -1.35. The van der Waals surface area contributed by atoms with Gasteiger partial charge in [0.25, 0.3) is 0 Å². The molecule has 0 aromatic heterocycles. The molecule has 2 aliphatic rings. The number of rotatable bonds is 5. The molecule has 2 saturated heterocycles. The van der Waals surface area contributed by atoms with E-state index in [-0.39, 0.29) is 5.78 Å². The number of hydrogen-bond acceptors (Lipinski definition) is 3. The van der Waals surface area contributed by atoms with Gasteiger partial charge in [0.15, 0.2) is 5.78 Å². The van der Waals surface area contributed by atoms with Crippen molar-refractivity contribution >= 4 is 11.5 Å². The van der Waals surface area contributed by atoms with Crippen molar-refractivity contribution < 1.29 is 4.79 Å². The average Bonchev–Trinajstić information content (AvgIpc) is 2.75. The molecule has 2 heterocycles. The molecule has 2 bridgehead atoms. The van der Waals surface area contributed by atoms with Crippen LogP contribution in [-0.2, 0) is 0 Å². The van der Waals surface area contributed by atoms with Gasteiger partial charge in [-0.3, -0.25) is 4.79 Å². The molecule has 0 amide bonds. The third kappa shape index (κ3) is 3.13. The molecule has 3 heteroatoms. The molecule has 3 rings (SSSR count). The summed E-state index contributed by atoms with van der Waals surface area (Å²) in [6.45, 7) is 2.96. The molecule has 0 spiro atoms. The minimum absolute atomic E-state index is 0.216. The lowest BCUT2D eigenvalue weighted by Gasteiger charge is -2.36. The van der Waals surface area contributed by atoms with Gasteiger partial charge in [-0.25, -0.2) is 0 Å². The molecule has 2 unspecified atom stereocenters. The molecule has 0 aliphatic carbocycles. The first kappa shape index (κ1) is 14.6. The molecule has 1 N–H and O–H groups in total. The highest BCUT2D eigenvalue weighted by Crippen LogP contribution is 2.37. The number of nitrogens with one attached hydrogen (secondary N) is 1. The average molecular weight is 286 g/mol. The summed E-state index contributed by atoms with van der Waals surface area (Å²) in [5.74, 6) is 1.00. The van der Waals surface area contributed by atoms with Crippen LogP contribution >= 0.6 is 0 Å². The topological polar surface area (TPSA) is 32.3 Å². The number of hydrogen-bond donors (Lipinski definition) is 1. The summed E-state index contributed by atoms with van der Waals surface area (Å²) in [7, 11) is 2.29. The van der Waals surface area contributed by atoms with E-state index in [0.29, 0.717) is 6.42 Å². The largest absolute Gasteiger partial charge is 0.385 e. The van der Waals surface area contributed by atoms with Crippen LogP contribution in [0.4, 0.5) is 5.69 Å². The summed E-state index contributed by atoms with van der Waals surface area (Å²) in [6, 6.07) is 9.55. The smallest absolute Gasteiger partial charge is 0.162 e. The predicted octanol–water partition coefficient (Wildman–Crippen LogP) is 3.56. The number of fused-ring (bicyclic) bond motifs is 2. The van der Waals surface area contributed by atoms with Gasteiger partial charge in [0.2, 0.25) is 0 Å². The zero-order valence-electron chi connectivity index (χ0n) is 13.1. The highest BCUT2D eigenvalue weighted by atomic mass is 16.1. The van der Waals surface area contributed by atoms with E-state index in [1.54, 1.807) is 0 Å².